The van der Waals surface area contributed by atoms with E-state index < -0.39 is 24.1 Å². The molecule has 8 nitrogen and oxygen atoms in total. The largest absolute Gasteiger partial charge is 0.351 e. The quantitative estimate of drug-likeness (QED) is 0.212. The molecule has 2 atom stereocenters. The number of nitrogens with one attached hydrogen (secondary N) is 2. The van der Waals surface area contributed by atoms with Gasteiger partial charge in [-0.15, -0.1) is 0 Å². The number of nitrogens with zero attached hydrogens (tertiary/aromatic N) is 2. The molecule has 8 heteroatoms. The molecule has 0 bridgehead atoms. The van der Waals surface area contributed by atoms with Crippen LogP contribution in [0.5, 0.6) is 0 Å². The van der Waals surface area contributed by atoms with Crippen molar-refractivity contribution in [2.45, 2.75) is 12.1 Å². The number of rotatable bonds is 8. The van der Waals surface area contributed by atoms with Crippen LogP contribution < -0.4 is 21.3 Å². The normalized spacial score (nSPS) is 11.9. The Hall–Kier alpha value is -5.20. The lowest BCUT2D eigenvalue weighted by atomic mass is 9.91. The van der Waals surface area contributed by atoms with E-state index in [-0.39, 0.29) is 0 Å². The molecule has 4 rings (SSSR count). The molecular formula is C29H25N5O3. The van der Waals surface area contributed by atoms with E-state index in [0.29, 0.717) is 17.1 Å². The van der Waals surface area contributed by atoms with Crippen LogP contribution in [0.1, 0.15) is 23.2 Å². The van der Waals surface area contributed by atoms with Crippen LogP contribution in [0.25, 0.3) is 0 Å². The van der Waals surface area contributed by atoms with E-state index in [2.05, 4.69) is 15.6 Å². The van der Waals surface area contributed by atoms with Crippen molar-refractivity contribution in [3.63, 3.8) is 0 Å². The number of hydrogen-bond acceptors (Lipinski definition) is 4. The maximum atomic E-state index is 13.2. The summed E-state index contributed by atoms with van der Waals surface area (Å²) in [5.41, 5.74) is 8.96. The summed E-state index contributed by atoms with van der Waals surface area (Å²) in [5, 5.41) is 5.89. The van der Waals surface area contributed by atoms with E-state index in [0.717, 1.165) is 11.1 Å². The Morgan fingerprint density at radius 3 is 1.84 bits per heavy atom. The number of benzene rings is 4. The summed E-state index contributed by atoms with van der Waals surface area (Å²) in [6, 6.07) is 31.7. The van der Waals surface area contributed by atoms with Crippen LogP contribution in [-0.4, -0.2) is 18.1 Å². The van der Waals surface area contributed by atoms with Crippen LogP contribution in [0.2, 0.25) is 0 Å². The summed E-state index contributed by atoms with van der Waals surface area (Å²) >= 11 is 0. The number of anilines is 2. The molecule has 184 valence electrons. The second-order valence-corrected chi connectivity index (χ2v) is 8.14. The highest BCUT2D eigenvalue weighted by molar-refractivity contribution is 5.93. The molecule has 0 aliphatic carbocycles. The molecule has 0 radical (unpaired) electrons. The van der Waals surface area contributed by atoms with E-state index in [9.17, 15) is 14.4 Å². The SMILES string of the molecule is NC(=O)N(c1ccc(N=C=O)cc1)[C@H](c1ccccc1)[C@H](NC(=O)Nc1ccccc1)c1ccccc1. The maximum Gasteiger partial charge on any atom is 0.319 e. The highest BCUT2D eigenvalue weighted by Gasteiger charge is 2.34. The molecule has 4 amide bonds. The first kappa shape index (κ1) is 24.9. The predicted molar refractivity (Wildman–Crippen MR) is 143 cm³/mol. The van der Waals surface area contributed by atoms with Gasteiger partial charge < -0.3 is 16.4 Å². The van der Waals surface area contributed by atoms with E-state index in [1.54, 1.807) is 36.4 Å². The Labute approximate surface area is 214 Å². The minimum Gasteiger partial charge on any atom is -0.351 e. The van der Waals surface area contributed by atoms with Crippen molar-refractivity contribution in [1.29, 1.82) is 0 Å². The zero-order valence-electron chi connectivity index (χ0n) is 19.8. The van der Waals surface area contributed by atoms with E-state index in [4.69, 9.17) is 5.73 Å². The van der Waals surface area contributed by atoms with Gasteiger partial charge in [0.2, 0.25) is 6.08 Å². The van der Waals surface area contributed by atoms with Gasteiger partial charge in [-0.05, 0) is 47.5 Å². The number of nitrogens with two attached hydrogens (primary N) is 1. The number of isocyanates is 1. The molecule has 0 saturated carbocycles. The number of para-hydroxylation sites is 1. The first-order valence-corrected chi connectivity index (χ1v) is 11.6. The lowest BCUT2D eigenvalue weighted by molar-refractivity contribution is 0.241. The Balaban J connectivity index is 1.80. The number of carbonyl (C=O) groups excluding carboxylic acids is 3. The van der Waals surface area contributed by atoms with Gasteiger partial charge in [0.25, 0.3) is 0 Å². The molecule has 37 heavy (non-hydrogen) atoms. The monoisotopic (exact) mass is 491 g/mol. The number of aliphatic imine (C=N–C) groups is 1. The third kappa shape index (κ3) is 6.28. The Kier molecular flexibility index (Phi) is 8.06. The van der Waals surface area contributed by atoms with Crippen molar-refractivity contribution in [2.24, 2.45) is 10.7 Å². The molecule has 0 heterocycles. The standard InChI is InChI=1S/C29H25N5O3/c30-28(36)34(25-18-16-23(17-19-25)31-20-35)27(22-12-6-2-7-13-22)26(21-10-4-1-5-11-21)33-29(37)32-24-14-8-3-9-15-24/h1-19,26-27H,(H2,30,36)(H2,32,33,37)/t26-,27-/m1/s1. The molecule has 4 N–H and O–H groups in total. The topological polar surface area (TPSA) is 117 Å². The maximum absolute atomic E-state index is 13.2. The lowest BCUT2D eigenvalue weighted by Crippen LogP contribution is -2.46. The summed E-state index contributed by atoms with van der Waals surface area (Å²) in [5.74, 6) is 0. The van der Waals surface area contributed by atoms with Crippen molar-refractivity contribution >= 4 is 35.2 Å². The van der Waals surface area contributed by atoms with Gasteiger partial charge >= 0.3 is 12.1 Å². The molecule has 0 aliphatic heterocycles. The van der Waals surface area contributed by atoms with Crippen molar-refractivity contribution in [3.05, 3.63) is 126 Å². The zero-order chi connectivity index (χ0) is 26.0. The van der Waals surface area contributed by atoms with Gasteiger partial charge in [-0.25, -0.2) is 14.4 Å². The van der Waals surface area contributed by atoms with Gasteiger partial charge in [0.05, 0.1) is 17.8 Å². The molecule has 0 aliphatic rings. The molecular weight excluding hydrogens is 466 g/mol. The lowest BCUT2D eigenvalue weighted by Gasteiger charge is -2.37. The van der Waals surface area contributed by atoms with Gasteiger partial charge in [0.15, 0.2) is 0 Å². The van der Waals surface area contributed by atoms with Crippen molar-refractivity contribution in [1.82, 2.24) is 5.32 Å². The third-order valence-corrected chi connectivity index (χ3v) is 5.75. The molecule has 4 aromatic rings. The summed E-state index contributed by atoms with van der Waals surface area (Å²) in [4.78, 5) is 41.8. The highest BCUT2D eigenvalue weighted by Crippen LogP contribution is 2.38. The van der Waals surface area contributed by atoms with Gasteiger partial charge in [-0.3, -0.25) is 4.90 Å². The van der Waals surface area contributed by atoms with E-state index in [1.807, 2.05) is 78.9 Å². The Morgan fingerprint density at radius 1 is 0.757 bits per heavy atom. The zero-order valence-corrected chi connectivity index (χ0v) is 19.8. The summed E-state index contributed by atoms with van der Waals surface area (Å²) in [6.45, 7) is 0. The number of hydrogen-bond donors (Lipinski definition) is 3. The number of urea groups is 2. The van der Waals surface area contributed by atoms with Crippen molar-refractivity contribution < 1.29 is 14.4 Å². The van der Waals surface area contributed by atoms with Crippen LogP contribution in [0.15, 0.2) is 120 Å². The van der Waals surface area contributed by atoms with Crippen LogP contribution in [-0.2, 0) is 4.79 Å². The van der Waals surface area contributed by atoms with Gasteiger partial charge in [0, 0.05) is 11.4 Å². The van der Waals surface area contributed by atoms with Gasteiger partial charge in [-0.2, -0.15) is 4.99 Å². The van der Waals surface area contributed by atoms with E-state index in [1.165, 1.54) is 11.0 Å². The summed E-state index contributed by atoms with van der Waals surface area (Å²) in [6.07, 6.45) is 1.50. The average Bonchev–Trinajstić information content (AvgIpc) is 2.93. The Bertz CT molecular complexity index is 1370. The summed E-state index contributed by atoms with van der Waals surface area (Å²) in [7, 11) is 0. The second kappa shape index (κ2) is 12.0. The molecule has 0 unspecified atom stereocenters. The fourth-order valence-corrected chi connectivity index (χ4v) is 4.14. The Morgan fingerprint density at radius 2 is 1.30 bits per heavy atom. The fraction of sp³-hybridized carbons (Fsp3) is 0.0690. The first-order chi connectivity index (χ1) is 18.1. The minimum absolute atomic E-state index is 0.388. The molecule has 0 fully saturated rings. The first-order valence-electron chi connectivity index (χ1n) is 11.6. The van der Waals surface area contributed by atoms with Crippen LogP contribution in [0, 0.1) is 0 Å². The number of primary amides is 1. The number of carbonyl (C=O) groups is 2. The molecule has 0 saturated heterocycles. The fourth-order valence-electron chi connectivity index (χ4n) is 4.14. The third-order valence-electron chi connectivity index (χ3n) is 5.75. The molecule has 4 aromatic carbocycles. The van der Waals surface area contributed by atoms with Crippen LogP contribution >= 0.6 is 0 Å². The van der Waals surface area contributed by atoms with Crippen molar-refractivity contribution in [2.75, 3.05) is 10.2 Å². The second-order valence-electron chi connectivity index (χ2n) is 8.14. The number of amides is 4. The van der Waals surface area contributed by atoms with Gasteiger partial charge in [0.1, 0.15) is 0 Å². The molecule has 0 aromatic heterocycles. The van der Waals surface area contributed by atoms with E-state index >= 15 is 0 Å². The van der Waals surface area contributed by atoms with Crippen molar-refractivity contribution in [3.8, 4) is 0 Å². The van der Waals surface area contributed by atoms with Crippen LogP contribution in [0.3, 0.4) is 0 Å². The van der Waals surface area contributed by atoms with Crippen LogP contribution in [0.4, 0.5) is 26.7 Å². The summed E-state index contributed by atoms with van der Waals surface area (Å²) < 4.78 is 0. The highest BCUT2D eigenvalue weighted by atomic mass is 16.2. The molecule has 0 spiro atoms. The minimum atomic E-state index is -0.719. The predicted octanol–water partition coefficient (Wildman–Crippen LogP) is 5.84. The smallest absolute Gasteiger partial charge is 0.319 e. The average molecular weight is 492 g/mol. The van der Waals surface area contributed by atoms with Gasteiger partial charge in [-0.1, -0.05) is 78.9 Å².